The van der Waals surface area contributed by atoms with Gasteiger partial charge in [0.1, 0.15) is 18.2 Å². The summed E-state index contributed by atoms with van der Waals surface area (Å²) in [6.07, 6.45) is 18.4. The Balaban J connectivity index is 1.83. The molecule has 0 radical (unpaired) electrons. The van der Waals surface area contributed by atoms with Gasteiger partial charge in [-0.1, -0.05) is 127 Å². The SMILES string of the molecule is CCCCCCCCCCCCCCCCCC(=O)Nc1cc(NC(=O)[C@H](CCCCNC(=O)OCc2ccccc2Cl)NC(=O)OC(C)(C)C)cc(C(=O)O)c1. The molecule has 0 aromatic heterocycles. The molecule has 0 saturated carbocycles. The molecule has 12 nitrogen and oxygen atoms in total. The zero-order valence-electron chi connectivity index (χ0n) is 34.7. The summed E-state index contributed by atoms with van der Waals surface area (Å²) in [5.74, 6) is -2.08. The van der Waals surface area contributed by atoms with Crippen LogP contribution in [-0.2, 0) is 25.7 Å². The highest BCUT2D eigenvalue weighted by Crippen LogP contribution is 2.22. The maximum Gasteiger partial charge on any atom is 0.408 e. The number of carbonyl (C=O) groups is 5. The smallest absolute Gasteiger partial charge is 0.408 e. The van der Waals surface area contributed by atoms with Crippen molar-refractivity contribution in [3.63, 3.8) is 0 Å². The van der Waals surface area contributed by atoms with Crippen LogP contribution in [0.1, 0.15) is 166 Å². The molecule has 0 heterocycles. The summed E-state index contributed by atoms with van der Waals surface area (Å²) in [4.78, 5) is 63.1. The molecule has 318 valence electrons. The molecule has 57 heavy (non-hydrogen) atoms. The van der Waals surface area contributed by atoms with Gasteiger partial charge in [-0.25, -0.2) is 14.4 Å². The van der Waals surface area contributed by atoms with Crippen LogP contribution in [0.5, 0.6) is 0 Å². The summed E-state index contributed by atoms with van der Waals surface area (Å²) in [7, 11) is 0. The number of carbonyl (C=O) groups excluding carboxylic acids is 4. The molecular formula is C44H67ClN4O8. The van der Waals surface area contributed by atoms with Gasteiger partial charge in [-0.05, 0) is 70.7 Å². The van der Waals surface area contributed by atoms with Gasteiger partial charge in [0.2, 0.25) is 11.8 Å². The third kappa shape index (κ3) is 23.5. The second kappa shape index (κ2) is 28.1. The van der Waals surface area contributed by atoms with Crippen LogP contribution in [0.2, 0.25) is 5.02 Å². The quantitative estimate of drug-likeness (QED) is 0.0528. The van der Waals surface area contributed by atoms with Gasteiger partial charge in [-0.3, -0.25) is 9.59 Å². The Kier molecular flexibility index (Phi) is 24.1. The maximum atomic E-state index is 13.5. The van der Waals surface area contributed by atoms with Gasteiger partial charge < -0.3 is 35.8 Å². The monoisotopic (exact) mass is 814 g/mol. The largest absolute Gasteiger partial charge is 0.478 e. The molecule has 0 spiro atoms. The first-order chi connectivity index (χ1) is 27.3. The summed E-state index contributed by atoms with van der Waals surface area (Å²) in [6, 6.07) is 10.1. The van der Waals surface area contributed by atoms with Crippen LogP contribution in [0, 0.1) is 0 Å². The molecule has 0 fully saturated rings. The average molecular weight is 815 g/mol. The molecule has 0 saturated heterocycles. The fraction of sp³-hybridized carbons (Fsp3) is 0.614. The lowest BCUT2D eigenvalue weighted by Crippen LogP contribution is -2.45. The summed E-state index contributed by atoms with van der Waals surface area (Å²) in [6.45, 7) is 7.62. The Morgan fingerprint density at radius 3 is 1.84 bits per heavy atom. The molecule has 0 aliphatic heterocycles. The van der Waals surface area contributed by atoms with Crippen LogP contribution < -0.4 is 21.3 Å². The number of alkyl carbamates (subject to hydrolysis) is 2. The summed E-state index contributed by atoms with van der Waals surface area (Å²) in [5, 5.41) is 21.0. The van der Waals surface area contributed by atoms with E-state index in [0.29, 0.717) is 29.8 Å². The van der Waals surface area contributed by atoms with Gasteiger partial charge in [-0.2, -0.15) is 0 Å². The second-order valence-corrected chi connectivity index (χ2v) is 16.0. The van der Waals surface area contributed by atoms with Crippen molar-refractivity contribution >= 4 is 52.9 Å². The minimum Gasteiger partial charge on any atom is -0.478 e. The minimum atomic E-state index is -1.23. The lowest BCUT2D eigenvalue weighted by atomic mass is 10.0. The highest BCUT2D eigenvalue weighted by atomic mass is 35.5. The van der Waals surface area contributed by atoms with Crippen molar-refractivity contribution in [2.45, 2.75) is 168 Å². The molecule has 2 rings (SSSR count). The summed E-state index contributed by atoms with van der Waals surface area (Å²) >= 11 is 6.11. The lowest BCUT2D eigenvalue weighted by molar-refractivity contribution is -0.118. The molecule has 0 unspecified atom stereocenters. The van der Waals surface area contributed by atoms with Crippen molar-refractivity contribution in [3.05, 3.63) is 58.6 Å². The highest BCUT2D eigenvalue weighted by molar-refractivity contribution is 6.31. The highest BCUT2D eigenvalue weighted by Gasteiger charge is 2.25. The van der Waals surface area contributed by atoms with Crippen molar-refractivity contribution in [1.29, 1.82) is 0 Å². The van der Waals surface area contributed by atoms with Crippen LogP contribution in [0.3, 0.4) is 0 Å². The van der Waals surface area contributed by atoms with Crippen molar-refractivity contribution in [1.82, 2.24) is 10.6 Å². The van der Waals surface area contributed by atoms with Gasteiger partial charge in [0.15, 0.2) is 0 Å². The van der Waals surface area contributed by atoms with Gasteiger partial charge in [0.25, 0.3) is 0 Å². The van der Waals surface area contributed by atoms with Gasteiger partial charge in [-0.15, -0.1) is 0 Å². The molecule has 0 aliphatic carbocycles. The van der Waals surface area contributed by atoms with Crippen LogP contribution in [0.15, 0.2) is 42.5 Å². The second-order valence-electron chi connectivity index (χ2n) is 15.6. The Labute approximate surface area is 344 Å². The number of benzene rings is 2. The number of unbranched alkanes of at least 4 members (excludes halogenated alkanes) is 15. The number of amides is 4. The van der Waals surface area contributed by atoms with Crippen molar-refractivity contribution in [2.24, 2.45) is 0 Å². The molecule has 1 atom stereocenters. The van der Waals surface area contributed by atoms with Gasteiger partial charge in [0, 0.05) is 34.9 Å². The third-order valence-corrected chi connectivity index (χ3v) is 9.62. The number of halogens is 1. The number of hydrogen-bond donors (Lipinski definition) is 5. The van der Waals surface area contributed by atoms with E-state index < -0.39 is 35.7 Å². The van der Waals surface area contributed by atoms with E-state index in [-0.39, 0.29) is 42.4 Å². The first-order valence-corrected chi connectivity index (χ1v) is 21.3. The molecule has 0 bridgehead atoms. The van der Waals surface area contributed by atoms with Crippen molar-refractivity contribution < 1.29 is 38.6 Å². The zero-order chi connectivity index (χ0) is 41.9. The fourth-order valence-corrected chi connectivity index (χ4v) is 6.39. The molecular weight excluding hydrogens is 748 g/mol. The van der Waals surface area contributed by atoms with Crippen LogP contribution >= 0.6 is 11.6 Å². The minimum absolute atomic E-state index is 0.0154. The number of anilines is 2. The molecule has 2 aromatic rings. The van der Waals surface area contributed by atoms with E-state index in [2.05, 4.69) is 28.2 Å². The average Bonchev–Trinajstić information content (AvgIpc) is 3.14. The first-order valence-electron chi connectivity index (χ1n) is 20.9. The van der Waals surface area contributed by atoms with E-state index in [1.165, 1.54) is 88.8 Å². The lowest BCUT2D eigenvalue weighted by Gasteiger charge is -2.23. The number of carboxylic acids is 1. The Bertz CT molecular complexity index is 1530. The molecule has 2 aromatic carbocycles. The van der Waals surface area contributed by atoms with E-state index >= 15 is 0 Å². The predicted molar refractivity (Wildman–Crippen MR) is 227 cm³/mol. The van der Waals surface area contributed by atoms with Crippen molar-refractivity contribution in [3.8, 4) is 0 Å². The third-order valence-electron chi connectivity index (χ3n) is 9.25. The Morgan fingerprint density at radius 1 is 0.719 bits per heavy atom. The predicted octanol–water partition coefficient (Wildman–Crippen LogP) is 11.2. The van der Waals surface area contributed by atoms with E-state index in [1.54, 1.807) is 45.0 Å². The number of ether oxygens (including phenoxy) is 2. The number of aromatic carboxylic acids is 1. The summed E-state index contributed by atoms with van der Waals surface area (Å²) in [5.41, 5.74) is 0.116. The van der Waals surface area contributed by atoms with Gasteiger partial charge in [0.05, 0.1) is 5.56 Å². The topological polar surface area (TPSA) is 172 Å². The number of rotatable bonds is 28. The van der Waals surface area contributed by atoms with E-state index in [1.807, 2.05) is 0 Å². The maximum absolute atomic E-state index is 13.5. The number of carboxylic acid groups (broad SMARTS) is 1. The molecule has 0 aliphatic rings. The Morgan fingerprint density at radius 2 is 1.28 bits per heavy atom. The van der Waals surface area contributed by atoms with Crippen LogP contribution in [-0.4, -0.2) is 53.3 Å². The van der Waals surface area contributed by atoms with Crippen molar-refractivity contribution in [2.75, 3.05) is 17.2 Å². The molecule has 4 amide bonds. The normalized spacial score (nSPS) is 11.7. The first kappa shape index (κ1) is 48.8. The van der Waals surface area contributed by atoms with Crippen LogP contribution in [0.25, 0.3) is 0 Å². The fourth-order valence-electron chi connectivity index (χ4n) is 6.20. The Hall–Kier alpha value is -4.32. The van der Waals surface area contributed by atoms with E-state index in [4.69, 9.17) is 21.1 Å². The molecule has 13 heteroatoms. The van der Waals surface area contributed by atoms with Crippen LogP contribution in [0.4, 0.5) is 21.0 Å². The van der Waals surface area contributed by atoms with E-state index in [9.17, 15) is 29.1 Å². The molecule has 5 N–H and O–H groups in total. The van der Waals surface area contributed by atoms with E-state index in [0.717, 1.165) is 25.7 Å². The summed E-state index contributed by atoms with van der Waals surface area (Å²) < 4.78 is 10.6. The number of hydrogen-bond acceptors (Lipinski definition) is 7. The van der Waals surface area contributed by atoms with Gasteiger partial charge >= 0.3 is 18.2 Å². The number of nitrogens with one attached hydrogen (secondary N) is 4. The zero-order valence-corrected chi connectivity index (χ0v) is 35.4. The standard InChI is InChI=1S/C44H67ClN4O8/c1-5-6-7-8-9-10-11-12-13-14-15-16-17-18-19-27-39(50)47-35-29-34(41(52)53)30-36(31-35)48-40(51)38(49-43(55)57-44(2,3)4)26-22-23-28-46-42(54)56-32-33-24-20-21-25-37(33)45/h20-21,24-25,29-31,38H,5-19,22-23,26-28,32H2,1-4H3,(H,46,54)(H,47,50)(H,48,51)(H,49,55)(H,52,53)/t38-/m0/s1.